The number of carbonyl (C=O) groups is 1. The average molecular weight is 465 g/mol. The zero-order chi connectivity index (χ0) is 22.9. The van der Waals surface area contributed by atoms with Crippen LogP contribution in [0.5, 0.6) is 0 Å². The van der Waals surface area contributed by atoms with Gasteiger partial charge in [0.05, 0.1) is 12.9 Å². The second kappa shape index (κ2) is 8.97. The molecule has 0 bridgehead atoms. The highest BCUT2D eigenvalue weighted by Crippen LogP contribution is 2.38. The van der Waals surface area contributed by atoms with E-state index in [1.165, 1.54) is 0 Å². The van der Waals surface area contributed by atoms with Gasteiger partial charge >= 0.3 is 13.8 Å². The number of aliphatic hydroxyl groups excluding tert-OH is 3. The van der Waals surface area contributed by atoms with Crippen LogP contribution < -0.4 is 10.9 Å². The van der Waals surface area contributed by atoms with Crippen LogP contribution in [0.25, 0.3) is 11.2 Å². The van der Waals surface area contributed by atoms with Crippen LogP contribution in [0, 0.1) is 0 Å². The molecule has 3 rings (SSSR count). The SMILES string of the molecule is O=C(O)C(CCO)Nc1nc2c(ncn2C2OC(COP(=O)(O)O)C(O)C2O)c(=O)[nH]1. The number of aromatic amines is 1. The first-order valence-electron chi connectivity index (χ1n) is 8.80. The van der Waals surface area contributed by atoms with Gasteiger partial charge in [0.15, 0.2) is 17.4 Å². The summed E-state index contributed by atoms with van der Waals surface area (Å²) in [5.41, 5.74) is -1.05. The fraction of sp³-hybridized carbons (Fsp3) is 0.571. The predicted octanol–water partition coefficient (Wildman–Crippen LogP) is -2.90. The summed E-state index contributed by atoms with van der Waals surface area (Å²) in [4.78, 5) is 51.4. The molecule has 1 saturated heterocycles. The molecule has 0 amide bonds. The van der Waals surface area contributed by atoms with Crippen LogP contribution in [0.4, 0.5) is 5.95 Å². The van der Waals surface area contributed by atoms with E-state index in [2.05, 4.69) is 24.8 Å². The third kappa shape index (κ3) is 5.08. The molecule has 0 saturated carbocycles. The van der Waals surface area contributed by atoms with Crippen LogP contribution in [-0.2, 0) is 18.6 Å². The monoisotopic (exact) mass is 465 g/mol. The van der Waals surface area contributed by atoms with Crippen molar-refractivity contribution in [2.24, 2.45) is 0 Å². The minimum absolute atomic E-state index is 0.132. The molecular weight excluding hydrogens is 445 g/mol. The summed E-state index contributed by atoms with van der Waals surface area (Å²) >= 11 is 0. The molecule has 17 heteroatoms. The molecule has 1 aliphatic heterocycles. The maximum Gasteiger partial charge on any atom is 0.469 e. The number of H-pyrrole nitrogens is 1. The lowest BCUT2D eigenvalue weighted by molar-refractivity contribution is -0.138. The smallest absolute Gasteiger partial charge is 0.469 e. The van der Waals surface area contributed by atoms with Crippen molar-refractivity contribution in [3.8, 4) is 0 Å². The van der Waals surface area contributed by atoms with E-state index < -0.39 is 63.1 Å². The van der Waals surface area contributed by atoms with E-state index in [0.29, 0.717) is 0 Å². The van der Waals surface area contributed by atoms with Crippen LogP contribution in [0.1, 0.15) is 12.6 Å². The van der Waals surface area contributed by atoms with Crippen molar-refractivity contribution < 1.29 is 48.8 Å². The Hall–Kier alpha value is -2.43. The summed E-state index contributed by atoms with van der Waals surface area (Å²) in [7, 11) is -4.85. The van der Waals surface area contributed by atoms with E-state index in [4.69, 9.17) is 19.6 Å². The van der Waals surface area contributed by atoms with Gasteiger partial charge in [0, 0.05) is 13.0 Å². The van der Waals surface area contributed by atoms with Crippen molar-refractivity contribution in [3.05, 3.63) is 16.7 Å². The van der Waals surface area contributed by atoms with Crippen molar-refractivity contribution >= 4 is 30.9 Å². The fourth-order valence-corrected chi connectivity index (χ4v) is 3.34. The molecule has 2 aromatic heterocycles. The van der Waals surface area contributed by atoms with Crippen LogP contribution >= 0.6 is 7.82 Å². The maximum atomic E-state index is 12.3. The lowest BCUT2D eigenvalue weighted by atomic mass is 10.1. The summed E-state index contributed by atoms with van der Waals surface area (Å²) in [5, 5.41) is 41.0. The molecule has 0 spiro atoms. The highest BCUT2D eigenvalue weighted by molar-refractivity contribution is 7.46. The number of anilines is 1. The largest absolute Gasteiger partial charge is 0.480 e. The normalized spacial score (nSPS) is 25.1. The minimum Gasteiger partial charge on any atom is -0.480 e. The van der Waals surface area contributed by atoms with Gasteiger partial charge in [-0.25, -0.2) is 14.3 Å². The number of hydrogen-bond acceptors (Lipinski definition) is 11. The minimum atomic E-state index is -4.85. The molecule has 31 heavy (non-hydrogen) atoms. The Morgan fingerprint density at radius 2 is 2.10 bits per heavy atom. The predicted molar refractivity (Wildman–Crippen MR) is 98.8 cm³/mol. The molecule has 3 heterocycles. The Bertz CT molecular complexity index is 1050. The number of rotatable bonds is 9. The third-order valence-electron chi connectivity index (χ3n) is 4.48. The summed E-state index contributed by atoms with van der Waals surface area (Å²) in [5.74, 6) is -1.55. The Morgan fingerprint density at radius 3 is 2.71 bits per heavy atom. The zero-order valence-electron chi connectivity index (χ0n) is 15.6. The van der Waals surface area contributed by atoms with Gasteiger partial charge in [-0.2, -0.15) is 4.98 Å². The summed E-state index contributed by atoms with van der Waals surface area (Å²) in [6.07, 6.45) is -4.93. The number of nitrogens with zero attached hydrogens (tertiary/aromatic N) is 3. The first-order chi connectivity index (χ1) is 14.5. The molecule has 5 unspecified atom stereocenters. The quantitative estimate of drug-likeness (QED) is 0.173. The molecule has 0 radical (unpaired) electrons. The van der Waals surface area contributed by atoms with Crippen LogP contribution in [-0.4, -0.2) is 93.3 Å². The Morgan fingerprint density at radius 1 is 1.39 bits per heavy atom. The van der Waals surface area contributed by atoms with Crippen molar-refractivity contribution in [2.45, 2.75) is 37.0 Å². The fourth-order valence-electron chi connectivity index (χ4n) is 3.00. The average Bonchev–Trinajstić information content (AvgIpc) is 3.21. The molecule has 5 atom stereocenters. The number of carboxylic acids is 1. The number of aromatic nitrogens is 4. The molecule has 1 fully saturated rings. The first-order valence-corrected chi connectivity index (χ1v) is 10.3. The zero-order valence-corrected chi connectivity index (χ0v) is 16.5. The molecule has 172 valence electrons. The van der Waals surface area contributed by atoms with Crippen molar-refractivity contribution in [2.75, 3.05) is 18.5 Å². The topological polar surface area (TPSA) is 250 Å². The molecule has 0 aliphatic carbocycles. The second-order valence-corrected chi connectivity index (χ2v) is 7.86. The third-order valence-corrected chi connectivity index (χ3v) is 4.96. The number of phosphoric acid groups is 1. The van der Waals surface area contributed by atoms with Gasteiger partial charge in [-0.15, -0.1) is 0 Å². The van der Waals surface area contributed by atoms with E-state index in [9.17, 15) is 29.5 Å². The number of nitrogens with one attached hydrogen (secondary N) is 2. The van der Waals surface area contributed by atoms with Crippen LogP contribution in [0.3, 0.4) is 0 Å². The maximum absolute atomic E-state index is 12.3. The molecule has 1 aliphatic rings. The number of aliphatic hydroxyl groups is 3. The lowest BCUT2D eigenvalue weighted by Gasteiger charge is -2.17. The molecule has 16 nitrogen and oxygen atoms in total. The molecule has 8 N–H and O–H groups in total. The Balaban J connectivity index is 1.90. The second-order valence-electron chi connectivity index (χ2n) is 6.62. The van der Waals surface area contributed by atoms with Gasteiger partial charge in [-0.05, 0) is 0 Å². The molecule has 2 aromatic rings. The first kappa shape index (κ1) is 23.2. The van der Waals surface area contributed by atoms with Gasteiger partial charge in [-0.3, -0.25) is 18.9 Å². The van der Waals surface area contributed by atoms with E-state index in [-0.39, 0.29) is 23.5 Å². The van der Waals surface area contributed by atoms with E-state index in [1.807, 2.05) is 0 Å². The van der Waals surface area contributed by atoms with Crippen LogP contribution in [0.15, 0.2) is 11.1 Å². The van der Waals surface area contributed by atoms with E-state index in [0.717, 1.165) is 10.9 Å². The molecular formula is C14H20N5O11P. The summed E-state index contributed by atoms with van der Waals surface area (Å²) < 4.78 is 21.7. The van der Waals surface area contributed by atoms with Gasteiger partial charge in [-0.1, -0.05) is 0 Å². The van der Waals surface area contributed by atoms with Gasteiger partial charge in [0.25, 0.3) is 5.56 Å². The van der Waals surface area contributed by atoms with Crippen molar-refractivity contribution in [1.29, 1.82) is 0 Å². The number of aliphatic carboxylic acids is 1. The van der Waals surface area contributed by atoms with Gasteiger partial charge in [0.1, 0.15) is 24.4 Å². The number of fused-ring (bicyclic) bond motifs is 1. The lowest BCUT2D eigenvalue weighted by Crippen LogP contribution is -2.33. The number of phosphoric ester groups is 1. The highest BCUT2D eigenvalue weighted by Gasteiger charge is 2.45. The van der Waals surface area contributed by atoms with Gasteiger partial charge in [0.2, 0.25) is 5.95 Å². The standard InChI is InChI=1S/C14H20N5O11P/c20-2-1-5(13(24)25)16-14-17-10-7(11(23)18-14)15-4-19(10)12-9(22)8(21)6(30-12)3-29-31(26,27)28/h4-6,8-9,12,20-22H,1-3H2,(H,24,25)(H2,26,27,28)(H2,16,17,18,23). The summed E-state index contributed by atoms with van der Waals surface area (Å²) in [6.45, 7) is -1.17. The van der Waals surface area contributed by atoms with Crippen molar-refractivity contribution in [1.82, 2.24) is 19.5 Å². The highest BCUT2D eigenvalue weighted by atomic mass is 31.2. The van der Waals surface area contributed by atoms with E-state index >= 15 is 0 Å². The number of carboxylic acid groups (broad SMARTS) is 1. The van der Waals surface area contributed by atoms with Crippen molar-refractivity contribution in [3.63, 3.8) is 0 Å². The molecule has 0 aromatic carbocycles. The number of hydrogen-bond donors (Lipinski definition) is 8. The van der Waals surface area contributed by atoms with Crippen LogP contribution in [0.2, 0.25) is 0 Å². The van der Waals surface area contributed by atoms with E-state index in [1.54, 1.807) is 0 Å². The number of ether oxygens (including phenoxy) is 1. The number of imidazole rings is 1. The Labute approximate surface area is 172 Å². The van der Waals surface area contributed by atoms with Gasteiger partial charge < -0.3 is 40.3 Å². The summed E-state index contributed by atoms with van der Waals surface area (Å²) in [6, 6.07) is -1.26. The Kier molecular flexibility index (Phi) is 6.73.